The topological polar surface area (TPSA) is 58.6 Å². The predicted molar refractivity (Wildman–Crippen MR) is 115 cm³/mol. The molecule has 0 saturated heterocycles. The Bertz CT molecular complexity index is 764. The molecule has 0 bridgehead atoms. The molecular weight excluding hydrogens is 386 g/mol. The van der Waals surface area contributed by atoms with Gasteiger partial charge in [-0.25, -0.2) is 0 Å². The number of benzene rings is 1. The molecule has 6 atom stereocenters. The first-order valence-electron chi connectivity index (χ1n) is 10.5. The molecule has 1 saturated carbocycles. The van der Waals surface area contributed by atoms with Crippen molar-refractivity contribution in [2.24, 2.45) is 23.7 Å². The average Bonchev–Trinajstić information content (AvgIpc) is 2.64. The van der Waals surface area contributed by atoms with Crippen molar-refractivity contribution in [3.05, 3.63) is 52.9 Å². The first kappa shape index (κ1) is 22.3. The van der Waals surface area contributed by atoms with E-state index in [-0.39, 0.29) is 17.8 Å². The van der Waals surface area contributed by atoms with E-state index in [1.165, 1.54) is 6.92 Å². The van der Waals surface area contributed by atoms with Crippen molar-refractivity contribution < 1.29 is 14.6 Å². The number of aliphatic hydroxyl groups is 1. The molecule has 0 spiro atoms. The van der Waals surface area contributed by atoms with Gasteiger partial charge in [-0.3, -0.25) is 4.79 Å². The molecule has 2 radical (unpaired) electrons. The predicted octanol–water partition coefficient (Wildman–Crippen LogP) is 4.43. The molecule has 2 aliphatic carbocycles. The van der Waals surface area contributed by atoms with E-state index in [1.54, 1.807) is 0 Å². The second-order valence-electron chi connectivity index (χ2n) is 8.78. The highest BCUT2D eigenvalue weighted by Gasteiger charge is 2.53. The lowest BCUT2D eigenvalue weighted by atomic mass is 9.57. The number of carbonyl (C=O) groups is 1. The lowest BCUT2D eigenvalue weighted by Gasteiger charge is -2.52. The SMILES string of the molecule is CC(=O)O[C@@H]1[C][C@@]2(O)[C@H](C)CC[C@@H]([C@H](C)CNCc3cccc(Cl)c3)[C@H]2C=C1C. The quantitative estimate of drug-likeness (QED) is 0.531. The first-order chi connectivity index (χ1) is 13.7. The van der Waals surface area contributed by atoms with Gasteiger partial charge >= 0.3 is 5.97 Å². The highest BCUT2D eigenvalue weighted by molar-refractivity contribution is 6.30. The van der Waals surface area contributed by atoms with Gasteiger partial charge < -0.3 is 15.2 Å². The van der Waals surface area contributed by atoms with Crippen LogP contribution in [0.4, 0.5) is 0 Å². The number of hydrogen-bond donors (Lipinski definition) is 2. The van der Waals surface area contributed by atoms with Gasteiger partial charge in [-0.05, 0) is 67.3 Å². The van der Waals surface area contributed by atoms with Gasteiger partial charge in [0.2, 0.25) is 0 Å². The Morgan fingerprint density at radius 2 is 2.21 bits per heavy atom. The van der Waals surface area contributed by atoms with Crippen LogP contribution >= 0.6 is 11.6 Å². The van der Waals surface area contributed by atoms with Crippen LogP contribution in [0.3, 0.4) is 0 Å². The molecule has 29 heavy (non-hydrogen) atoms. The Kier molecular flexibility index (Phi) is 7.08. The molecule has 1 fully saturated rings. The largest absolute Gasteiger partial charge is 0.457 e. The minimum atomic E-state index is -1.07. The molecule has 158 valence electrons. The van der Waals surface area contributed by atoms with E-state index in [0.717, 1.165) is 42.1 Å². The van der Waals surface area contributed by atoms with Gasteiger partial charge in [0.1, 0.15) is 6.10 Å². The van der Waals surface area contributed by atoms with Crippen LogP contribution in [-0.2, 0) is 16.1 Å². The summed E-state index contributed by atoms with van der Waals surface area (Å²) in [6.07, 6.45) is 6.80. The summed E-state index contributed by atoms with van der Waals surface area (Å²) < 4.78 is 5.38. The number of rotatable bonds is 6. The van der Waals surface area contributed by atoms with Crippen LogP contribution in [-0.4, -0.2) is 29.3 Å². The zero-order valence-corrected chi connectivity index (χ0v) is 18.5. The molecule has 1 aromatic carbocycles. The maximum Gasteiger partial charge on any atom is 0.303 e. The van der Waals surface area contributed by atoms with Gasteiger partial charge in [-0.2, -0.15) is 0 Å². The van der Waals surface area contributed by atoms with Crippen molar-refractivity contribution in [2.45, 2.75) is 58.8 Å². The number of fused-ring (bicyclic) bond motifs is 1. The van der Waals surface area contributed by atoms with E-state index in [0.29, 0.717) is 11.8 Å². The minimum absolute atomic E-state index is 0.0129. The summed E-state index contributed by atoms with van der Waals surface area (Å²) in [6.45, 7) is 9.29. The molecule has 0 heterocycles. The molecule has 2 N–H and O–H groups in total. The maximum absolute atomic E-state index is 11.5. The smallest absolute Gasteiger partial charge is 0.303 e. The fourth-order valence-electron chi connectivity index (χ4n) is 4.85. The van der Waals surface area contributed by atoms with E-state index < -0.39 is 11.7 Å². The number of nitrogens with one attached hydrogen (secondary N) is 1. The fourth-order valence-corrected chi connectivity index (χ4v) is 5.06. The molecule has 1 aromatic rings. The lowest BCUT2D eigenvalue weighted by molar-refractivity contribution is -0.148. The Morgan fingerprint density at radius 3 is 2.90 bits per heavy atom. The minimum Gasteiger partial charge on any atom is -0.457 e. The summed E-state index contributed by atoms with van der Waals surface area (Å²) in [6, 6.07) is 7.89. The molecule has 0 aliphatic heterocycles. The standard InChI is InChI=1S/C24H32ClNO3/c1-15-10-22-21(16(2)13-26-14-19-6-5-7-20(25)11-19)9-8-17(3)24(22,28)12-23(15)29-18(4)27/h5-7,10-11,16-17,21-23,26,28H,8-9,13-14H2,1-4H3/t16-,17-,21+,22-,23-,24-/m1/s1. The molecule has 3 rings (SSSR count). The highest BCUT2D eigenvalue weighted by atomic mass is 35.5. The van der Waals surface area contributed by atoms with Crippen molar-refractivity contribution in [3.63, 3.8) is 0 Å². The monoisotopic (exact) mass is 417 g/mol. The Balaban J connectivity index is 1.69. The van der Waals surface area contributed by atoms with Gasteiger partial charge in [-0.1, -0.05) is 43.7 Å². The third-order valence-electron chi connectivity index (χ3n) is 6.57. The molecule has 2 aliphatic rings. The van der Waals surface area contributed by atoms with E-state index >= 15 is 0 Å². The van der Waals surface area contributed by atoms with E-state index in [4.69, 9.17) is 16.3 Å². The van der Waals surface area contributed by atoms with Crippen molar-refractivity contribution in [3.8, 4) is 0 Å². The number of hydrogen-bond acceptors (Lipinski definition) is 4. The van der Waals surface area contributed by atoms with Crippen LogP contribution in [0.5, 0.6) is 0 Å². The Hall–Kier alpha value is -1.36. The molecule has 5 heteroatoms. The summed E-state index contributed by atoms with van der Waals surface area (Å²) in [7, 11) is 0. The van der Waals surface area contributed by atoms with Crippen molar-refractivity contribution >= 4 is 17.6 Å². The third kappa shape index (κ3) is 5.04. The summed E-state index contributed by atoms with van der Waals surface area (Å²) in [5, 5.41) is 15.8. The van der Waals surface area contributed by atoms with E-state index in [2.05, 4.69) is 37.7 Å². The fraction of sp³-hybridized carbons (Fsp3) is 0.583. The molecule has 0 unspecified atom stereocenters. The van der Waals surface area contributed by atoms with Crippen molar-refractivity contribution in [1.82, 2.24) is 5.32 Å². The van der Waals surface area contributed by atoms with Crippen LogP contribution in [0.2, 0.25) is 5.02 Å². The third-order valence-corrected chi connectivity index (χ3v) is 6.81. The second kappa shape index (κ2) is 9.20. The van der Waals surface area contributed by atoms with Crippen LogP contribution in [0.25, 0.3) is 0 Å². The van der Waals surface area contributed by atoms with Gasteiger partial charge in [0, 0.05) is 24.4 Å². The van der Waals surface area contributed by atoms with Crippen LogP contribution in [0.1, 0.15) is 46.1 Å². The normalized spacial score (nSPS) is 32.8. The molecule has 0 aromatic heterocycles. The van der Waals surface area contributed by atoms with Crippen molar-refractivity contribution in [1.29, 1.82) is 0 Å². The zero-order valence-electron chi connectivity index (χ0n) is 17.7. The van der Waals surface area contributed by atoms with Crippen LogP contribution in [0, 0.1) is 30.1 Å². The van der Waals surface area contributed by atoms with Gasteiger partial charge in [-0.15, -0.1) is 0 Å². The zero-order chi connectivity index (χ0) is 21.2. The van der Waals surface area contributed by atoms with E-state index in [1.807, 2.05) is 25.1 Å². The lowest BCUT2D eigenvalue weighted by Crippen LogP contribution is -2.56. The van der Waals surface area contributed by atoms with Crippen LogP contribution < -0.4 is 5.32 Å². The molecular formula is C24H32ClNO3. The van der Waals surface area contributed by atoms with Gasteiger partial charge in [0.15, 0.2) is 0 Å². The average molecular weight is 418 g/mol. The molecule has 4 nitrogen and oxygen atoms in total. The van der Waals surface area contributed by atoms with E-state index in [9.17, 15) is 9.90 Å². The summed E-state index contributed by atoms with van der Waals surface area (Å²) in [5.41, 5.74) is 1.05. The number of ether oxygens (including phenoxy) is 1. The second-order valence-corrected chi connectivity index (χ2v) is 9.21. The van der Waals surface area contributed by atoms with Gasteiger partial charge in [0.05, 0.1) is 12.0 Å². The highest BCUT2D eigenvalue weighted by Crippen LogP contribution is 2.50. The first-order valence-corrected chi connectivity index (χ1v) is 10.9. The number of carbonyl (C=O) groups excluding carboxylic acids is 1. The number of esters is 1. The molecule has 0 amide bonds. The van der Waals surface area contributed by atoms with Crippen molar-refractivity contribution in [2.75, 3.05) is 6.54 Å². The Labute approximate surface area is 179 Å². The van der Waals surface area contributed by atoms with Gasteiger partial charge in [0.25, 0.3) is 0 Å². The summed E-state index contributed by atoms with van der Waals surface area (Å²) in [4.78, 5) is 11.4. The summed E-state index contributed by atoms with van der Waals surface area (Å²) >= 11 is 6.07. The Morgan fingerprint density at radius 1 is 1.45 bits per heavy atom. The summed E-state index contributed by atoms with van der Waals surface area (Å²) in [5.74, 6) is 0.438. The maximum atomic E-state index is 11.5. The van der Waals surface area contributed by atoms with Crippen LogP contribution in [0.15, 0.2) is 35.9 Å². The number of halogens is 1.